The van der Waals surface area contributed by atoms with Crippen LogP contribution in [0.3, 0.4) is 0 Å². The van der Waals surface area contributed by atoms with Gasteiger partial charge in [0.1, 0.15) is 12.1 Å². The normalized spacial score (nSPS) is 14.0. The third-order valence-corrected chi connectivity index (χ3v) is 5.46. The van der Waals surface area contributed by atoms with Crippen LogP contribution in [0.5, 0.6) is 0 Å². The maximum absolute atomic E-state index is 12.6. The number of carboxylic acid groups (broad SMARTS) is 1. The van der Waals surface area contributed by atoms with Gasteiger partial charge in [-0.1, -0.05) is 45.9 Å². The monoisotopic (exact) mass is 473 g/mol. The molecular formula is C24H35N5O5. The van der Waals surface area contributed by atoms with Gasteiger partial charge in [-0.15, -0.1) is 0 Å². The first-order valence-electron chi connectivity index (χ1n) is 11.4. The fourth-order valence-electron chi connectivity index (χ4n) is 3.64. The van der Waals surface area contributed by atoms with Gasteiger partial charge in [-0.25, -0.2) is 4.79 Å². The van der Waals surface area contributed by atoms with Crippen LogP contribution in [-0.2, 0) is 25.6 Å². The van der Waals surface area contributed by atoms with Crippen molar-refractivity contribution in [1.82, 2.24) is 20.9 Å². The molecule has 7 N–H and O–H groups in total. The molecule has 0 aliphatic rings. The first-order chi connectivity index (χ1) is 16.0. The van der Waals surface area contributed by atoms with Gasteiger partial charge in [-0.3, -0.25) is 14.4 Å². The van der Waals surface area contributed by atoms with Gasteiger partial charge >= 0.3 is 5.97 Å². The maximum atomic E-state index is 12.6. The first-order valence-corrected chi connectivity index (χ1v) is 11.4. The lowest BCUT2D eigenvalue weighted by Crippen LogP contribution is -2.55. The molecule has 0 spiro atoms. The van der Waals surface area contributed by atoms with Gasteiger partial charge in [0.25, 0.3) is 0 Å². The van der Waals surface area contributed by atoms with Crippen molar-refractivity contribution in [2.45, 2.75) is 58.7 Å². The van der Waals surface area contributed by atoms with Gasteiger partial charge in [-0.05, 0) is 36.3 Å². The number of carboxylic acids is 1. The van der Waals surface area contributed by atoms with E-state index in [9.17, 15) is 24.3 Å². The minimum Gasteiger partial charge on any atom is -0.480 e. The van der Waals surface area contributed by atoms with Crippen molar-refractivity contribution >= 4 is 34.6 Å². The average Bonchev–Trinajstić information content (AvgIpc) is 3.17. The summed E-state index contributed by atoms with van der Waals surface area (Å²) in [4.78, 5) is 52.1. The van der Waals surface area contributed by atoms with Crippen molar-refractivity contribution in [2.24, 2.45) is 17.6 Å². The molecule has 1 aromatic carbocycles. The largest absolute Gasteiger partial charge is 0.480 e. The summed E-state index contributed by atoms with van der Waals surface area (Å²) in [5.41, 5.74) is 7.87. The van der Waals surface area contributed by atoms with Gasteiger partial charge < -0.3 is 31.8 Å². The van der Waals surface area contributed by atoms with Crippen LogP contribution in [0.1, 0.15) is 39.7 Å². The zero-order valence-corrected chi connectivity index (χ0v) is 20.1. The number of carbonyl (C=O) groups is 4. The number of carbonyl (C=O) groups excluding carboxylic acids is 3. The molecule has 186 valence electrons. The van der Waals surface area contributed by atoms with Gasteiger partial charge in [0.05, 0.1) is 12.6 Å². The van der Waals surface area contributed by atoms with Crippen LogP contribution in [0.4, 0.5) is 0 Å². The minimum atomic E-state index is -1.13. The molecule has 0 aliphatic carbocycles. The Hall–Kier alpha value is -3.40. The Kier molecular flexibility index (Phi) is 9.61. The minimum absolute atomic E-state index is 0.0668. The Morgan fingerprint density at radius 2 is 1.71 bits per heavy atom. The van der Waals surface area contributed by atoms with Crippen molar-refractivity contribution in [3.8, 4) is 0 Å². The van der Waals surface area contributed by atoms with Crippen LogP contribution >= 0.6 is 0 Å². The van der Waals surface area contributed by atoms with E-state index in [4.69, 9.17) is 5.73 Å². The van der Waals surface area contributed by atoms with Crippen LogP contribution in [0.25, 0.3) is 10.9 Å². The summed E-state index contributed by atoms with van der Waals surface area (Å²) in [6.45, 7) is 6.83. The number of rotatable bonds is 12. The molecule has 0 bridgehead atoms. The summed E-state index contributed by atoms with van der Waals surface area (Å²) in [7, 11) is 0. The fourth-order valence-corrected chi connectivity index (χ4v) is 3.64. The average molecular weight is 474 g/mol. The number of para-hydroxylation sites is 1. The number of nitrogens with one attached hydrogen (secondary N) is 4. The van der Waals surface area contributed by atoms with Crippen LogP contribution in [0.15, 0.2) is 30.5 Å². The Balaban J connectivity index is 1.89. The van der Waals surface area contributed by atoms with Crippen molar-refractivity contribution in [3.63, 3.8) is 0 Å². The summed E-state index contributed by atoms with van der Waals surface area (Å²) < 4.78 is 0. The molecule has 2 rings (SSSR count). The molecule has 2 aromatic rings. The number of fused-ring (bicyclic) bond motifs is 1. The number of nitrogens with two attached hydrogens (primary N) is 1. The lowest BCUT2D eigenvalue weighted by atomic mass is 10.0. The molecule has 10 nitrogen and oxygen atoms in total. The third-order valence-electron chi connectivity index (χ3n) is 5.46. The second kappa shape index (κ2) is 12.2. The van der Waals surface area contributed by atoms with E-state index in [1.54, 1.807) is 20.0 Å². The van der Waals surface area contributed by atoms with E-state index in [2.05, 4.69) is 20.9 Å². The van der Waals surface area contributed by atoms with E-state index in [-0.39, 0.29) is 24.8 Å². The molecule has 3 atom stereocenters. The summed E-state index contributed by atoms with van der Waals surface area (Å²) in [5, 5.41) is 17.9. The molecular weight excluding hydrogens is 438 g/mol. The molecule has 0 fully saturated rings. The molecule has 0 saturated heterocycles. The van der Waals surface area contributed by atoms with E-state index in [0.717, 1.165) is 16.5 Å². The lowest BCUT2D eigenvalue weighted by Gasteiger charge is -2.25. The Morgan fingerprint density at radius 1 is 1.03 bits per heavy atom. The Labute approximate surface area is 199 Å². The van der Waals surface area contributed by atoms with Crippen LogP contribution in [0, 0.1) is 11.8 Å². The molecule has 3 unspecified atom stereocenters. The number of hydrogen-bond donors (Lipinski definition) is 6. The van der Waals surface area contributed by atoms with E-state index in [1.807, 2.05) is 38.1 Å². The quantitative estimate of drug-likeness (QED) is 0.268. The van der Waals surface area contributed by atoms with Crippen molar-refractivity contribution in [1.29, 1.82) is 0 Å². The Bertz CT molecular complexity index is 1020. The molecule has 0 radical (unpaired) electrons. The summed E-state index contributed by atoms with van der Waals surface area (Å²) in [6.07, 6.45) is 2.37. The summed E-state index contributed by atoms with van der Waals surface area (Å²) in [5.74, 6) is -3.01. The smallest absolute Gasteiger partial charge is 0.326 e. The predicted molar refractivity (Wildman–Crippen MR) is 129 cm³/mol. The maximum Gasteiger partial charge on any atom is 0.326 e. The molecule has 1 aromatic heterocycles. The van der Waals surface area contributed by atoms with Crippen molar-refractivity contribution in [2.75, 3.05) is 6.54 Å². The van der Waals surface area contributed by atoms with Gasteiger partial charge in [0.15, 0.2) is 0 Å². The highest BCUT2D eigenvalue weighted by Crippen LogP contribution is 2.18. The summed E-state index contributed by atoms with van der Waals surface area (Å²) >= 11 is 0. The third kappa shape index (κ3) is 7.58. The topological polar surface area (TPSA) is 166 Å². The van der Waals surface area contributed by atoms with Crippen LogP contribution in [0.2, 0.25) is 0 Å². The first kappa shape index (κ1) is 26.8. The highest BCUT2D eigenvalue weighted by atomic mass is 16.4. The van der Waals surface area contributed by atoms with Crippen LogP contribution in [-0.4, -0.2) is 58.5 Å². The van der Waals surface area contributed by atoms with Crippen LogP contribution < -0.4 is 21.7 Å². The highest BCUT2D eigenvalue weighted by Gasteiger charge is 2.29. The number of aliphatic carboxylic acids is 1. The fraction of sp³-hybridized carbons (Fsp3) is 0.500. The standard InChI is InChI=1S/C24H35N5O5/c1-13(2)9-19(24(33)34)28-23(32)21(14(3)4)29-20(30)12-27-22(31)17(25)10-15-11-26-18-8-6-5-7-16(15)18/h5-8,11,13-14,17,19,21,26H,9-10,12,25H2,1-4H3,(H,27,31)(H,28,32)(H,29,30)(H,33,34). The summed E-state index contributed by atoms with van der Waals surface area (Å²) in [6, 6.07) is 4.82. The molecule has 0 aliphatic heterocycles. The lowest BCUT2D eigenvalue weighted by molar-refractivity contribution is -0.143. The van der Waals surface area contributed by atoms with Gasteiger partial charge in [0.2, 0.25) is 17.7 Å². The van der Waals surface area contributed by atoms with E-state index in [1.165, 1.54) is 0 Å². The molecule has 0 saturated carbocycles. The van der Waals surface area contributed by atoms with Gasteiger partial charge in [0, 0.05) is 17.1 Å². The molecule has 10 heteroatoms. The molecule has 34 heavy (non-hydrogen) atoms. The van der Waals surface area contributed by atoms with Gasteiger partial charge in [-0.2, -0.15) is 0 Å². The second-order valence-electron chi connectivity index (χ2n) is 9.21. The highest BCUT2D eigenvalue weighted by molar-refractivity contribution is 5.93. The molecule has 3 amide bonds. The Morgan fingerprint density at radius 3 is 2.32 bits per heavy atom. The predicted octanol–water partition coefficient (Wildman–Crippen LogP) is 0.910. The molecule has 1 heterocycles. The number of amides is 3. The zero-order chi connectivity index (χ0) is 25.4. The SMILES string of the molecule is CC(C)CC(NC(=O)C(NC(=O)CNC(=O)C(N)Cc1c[nH]c2ccccc12)C(C)C)C(=O)O. The van der Waals surface area contributed by atoms with E-state index >= 15 is 0 Å². The number of aromatic amines is 1. The van der Waals surface area contributed by atoms with Crippen molar-refractivity contribution < 1.29 is 24.3 Å². The van der Waals surface area contributed by atoms with Crippen molar-refractivity contribution in [3.05, 3.63) is 36.0 Å². The number of H-pyrrole nitrogens is 1. The number of aromatic nitrogens is 1. The second-order valence-corrected chi connectivity index (χ2v) is 9.21. The number of benzene rings is 1. The zero-order valence-electron chi connectivity index (χ0n) is 20.1. The van der Waals surface area contributed by atoms with E-state index < -0.39 is 41.8 Å². The number of hydrogen-bond acceptors (Lipinski definition) is 5. The van der Waals surface area contributed by atoms with E-state index in [0.29, 0.717) is 6.42 Å².